The lowest BCUT2D eigenvalue weighted by molar-refractivity contribution is 0.263. The topological polar surface area (TPSA) is 33.8 Å². The molecule has 1 aromatic carbocycles. The molecule has 170 valence electrons. The first-order chi connectivity index (χ1) is 14.9. The van der Waals surface area contributed by atoms with Crippen LogP contribution in [0.5, 0.6) is 5.75 Å². The highest BCUT2D eigenvalue weighted by Gasteiger charge is 2.22. The minimum Gasteiger partial charge on any atom is -0.491 e. The largest absolute Gasteiger partial charge is 0.491 e. The molecule has 0 spiro atoms. The van der Waals surface area contributed by atoms with Gasteiger partial charge in [0.05, 0.1) is 6.61 Å². The predicted molar refractivity (Wildman–Crippen MR) is 130 cm³/mol. The first-order valence-corrected chi connectivity index (χ1v) is 12.6. The fraction of sp³-hybridized carbons (Fsp3) is 0.704. The Morgan fingerprint density at radius 3 is 2.00 bits per heavy atom. The molecule has 0 bridgehead atoms. The molecule has 1 heterocycles. The van der Waals surface area contributed by atoms with Crippen molar-refractivity contribution >= 4 is 5.69 Å². The smallest absolute Gasteiger partial charge is 0.119 e. The Hall–Kier alpha value is -1.48. The van der Waals surface area contributed by atoms with Gasteiger partial charge in [0.2, 0.25) is 0 Å². The van der Waals surface area contributed by atoms with Crippen LogP contribution in [0.1, 0.15) is 96.8 Å². The molecule has 1 N–H and O–H groups in total. The van der Waals surface area contributed by atoms with Crippen LogP contribution < -0.4 is 10.1 Å². The summed E-state index contributed by atoms with van der Waals surface area (Å²) in [5.41, 5.74) is 1.18. The van der Waals surface area contributed by atoms with Crippen molar-refractivity contribution in [3.05, 3.63) is 36.4 Å². The molecule has 0 aliphatic carbocycles. The van der Waals surface area contributed by atoms with Gasteiger partial charge in [-0.1, -0.05) is 76.9 Å². The van der Waals surface area contributed by atoms with Crippen LogP contribution in [0.3, 0.4) is 0 Å². The highest BCUT2D eigenvalue weighted by Crippen LogP contribution is 2.18. The number of allylic oxidation sites excluding steroid dienone is 2. The number of nitrogens with one attached hydrogen (secondary N) is 1. The summed E-state index contributed by atoms with van der Waals surface area (Å²) >= 11 is 0. The molecule has 3 heteroatoms. The molecule has 1 atom stereocenters. The van der Waals surface area contributed by atoms with Gasteiger partial charge in [0.25, 0.3) is 0 Å². The normalized spacial score (nSPS) is 15.6. The van der Waals surface area contributed by atoms with Crippen molar-refractivity contribution in [3.63, 3.8) is 0 Å². The van der Waals surface area contributed by atoms with Crippen molar-refractivity contribution in [2.24, 2.45) is 0 Å². The highest BCUT2D eigenvalue weighted by molar-refractivity contribution is 5.46. The molecule has 2 rings (SSSR count). The van der Waals surface area contributed by atoms with Gasteiger partial charge in [-0.2, -0.15) is 0 Å². The van der Waals surface area contributed by atoms with E-state index in [1.807, 2.05) is 12.1 Å². The van der Waals surface area contributed by atoms with E-state index in [0.29, 0.717) is 12.7 Å². The van der Waals surface area contributed by atoms with Gasteiger partial charge in [0, 0.05) is 12.2 Å². The van der Waals surface area contributed by atoms with Crippen LogP contribution in [-0.4, -0.2) is 25.9 Å². The number of rotatable bonds is 20. The van der Waals surface area contributed by atoms with E-state index in [-0.39, 0.29) is 0 Å². The molecule has 0 aromatic heterocycles. The van der Waals surface area contributed by atoms with Crippen molar-refractivity contribution in [2.75, 3.05) is 25.1 Å². The van der Waals surface area contributed by atoms with E-state index < -0.39 is 0 Å². The minimum atomic E-state index is 0.314. The lowest BCUT2D eigenvalue weighted by Crippen LogP contribution is -2.04. The van der Waals surface area contributed by atoms with Gasteiger partial charge in [0.15, 0.2) is 0 Å². The number of unbranched alkanes of at least 4 members (excludes halogenated alkanes) is 12. The van der Waals surface area contributed by atoms with Crippen LogP contribution in [0.4, 0.5) is 5.69 Å². The average molecular weight is 416 g/mol. The number of benzene rings is 1. The zero-order valence-electron chi connectivity index (χ0n) is 19.4. The summed E-state index contributed by atoms with van der Waals surface area (Å²) < 4.78 is 10.8. The molecular weight excluding hydrogens is 370 g/mol. The molecule has 0 radical (unpaired) electrons. The molecule has 0 saturated carbocycles. The molecule has 30 heavy (non-hydrogen) atoms. The molecule has 0 amide bonds. The van der Waals surface area contributed by atoms with Crippen molar-refractivity contribution in [3.8, 4) is 5.75 Å². The van der Waals surface area contributed by atoms with E-state index in [1.165, 1.54) is 95.6 Å². The Morgan fingerprint density at radius 2 is 1.40 bits per heavy atom. The molecule has 1 aliphatic rings. The van der Waals surface area contributed by atoms with Crippen molar-refractivity contribution in [2.45, 2.75) is 103 Å². The van der Waals surface area contributed by atoms with Gasteiger partial charge in [-0.05, 0) is 56.4 Å². The van der Waals surface area contributed by atoms with Crippen molar-refractivity contribution < 1.29 is 9.47 Å². The summed E-state index contributed by atoms with van der Waals surface area (Å²) in [7, 11) is 0. The average Bonchev–Trinajstić information content (AvgIpc) is 3.60. The van der Waals surface area contributed by atoms with E-state index in [2.05, 4.69) is 36.5 Å². The Bertz CT molecular complexity index is 536. The molecule has 1 aliphatic heterocycles. The first kappa shape index (κ1) is 24.8. The zero-order valence-corrected chi connectivity index (χ0v) is 19.4. The van der Waals surface area contributed by atoms with Gasteiger partial charge < -0.3 is 14.8 Å². The lowest BCUT2D eigenvalue weighted by Gasteiger charge is -2.08. The SMILES string of the molecule is CCCCCCCC/C=C\CCCCCCCCNc1ccc(OCC2CO2)cc1. The standard InChI is InChI=1S/C27H45NO2/c1-2-3-4-5-6-7-8-9-10-11-12-13-14-15-16-17-22-28-25-18-20-26(21-19-25)29-23-27-24-30-27/h9-10,18-21,27-28H,2-8,11-17,22-24H2,1H3/b10-9-. The van der Waals surface area contributed by atoms with Crippen molar-refractivity contribution in [1.82, 2.24) is 0 Å². The monoisotopic (exact) mass is 415 g/mol. The summed E-state index contributed by atoms with van der Waals surface area (Å²) in [5.74, 6) is 0.924. The van der Waals surface area contributed by atoms with Crippen LogP contribution in [0.25, 0.3) is 0 Å². The molecule has 1 aromatic rings. The second-order valence-corrected chi connectivity index (χ2v) is 8.66. The Morgan fingerprint density at radius 1 is 0.833 bits per heavy atom. The molecule has 1 fully saturated rings. The Labute approximate surface area is 185 Å². The van der Waals surface area contributed by atoms with Gasteiger partial charge in [-0.3, -0.25) is 0 Å². The van der Waals surface area contributed by atoms with Crippen LogP contribution in [0, 0.1) is 0 Å². The fourth-order valence-electron chi connectivity index (χ4n) is 3.63. The second kappa shape index (κ2) is 17.2. The van der Waals surface area contributed by atoms with Crippen molar-refractivity contribution in [1.29, 1.82) is 0 Å². The number of hydrogen-bond acceptors (Lipinski definition) is 3. The second-order valence-electron chi connectivity index (χ2n) is 8.66. The quantitative estimate of drug-likeness (QED) is 0.133. The predicted octanol–water partition coefficient (Wildman–Crippen LogP) is 7.91. The number of anilines is 1. The van der Waals surface area contributed by atoms with E-state index in [9.17, 15) is 0 Å². The number of epoxide rings is 1. The molecular formula is C27H45NO2. The maximum absolute atomic E-state index is 5.67. The van der Waals surface area contributed by atoms with E-state index in [1.54, 1.807) is 0 Å². The van der Waals surface area contributed by atoms with Crippen LogP contribution in [0.2, 0.25) is 0 Å². The third-order valence-electron chi connectivity index (χ3n) is 5.71. The van der Waals surface area contributed by atoms with Crippen LogP contribution in [0.15, 0.2) is 36.4 Å². The molecule has 1 saturated heterocycles. The van der Waals surface area contributed by atoms with E-state index in [0.717, 1.165) is 18.9 Å². The maximum Gasteiger partial charge on any atom is 0.119 e. The number of hydrogen-bond donors (Lipinski definition) is 1. The van der Waals surface area contributed by atoms with Gasteiger partial charge in [-0.25, -0.2) is 0 Å². The maximum atomic E-state index is 5.67. The Kier molecular flexibility index (Phi) is 14.2. The molecule has 3 nitrogen and oxygen atoms in total. The fourth-order valence-corrected chi connectivity index (χ4v) is 3.63. The third kappa shape index (κ3) is 13.7. The summed E-state index contributed by atoms with van der Waals surface area (Å²) in [5, 5.41) is 3.51. The van der Waals surface area contributed by atoms with Gasteiger partial charge in [-0.15, -0.1) is 0 Å². The Balaban J connectivity index is 1.31. The minimum absolute atomic E-state index is 0.314. The summed E-state index contributed by atoms with van der Waals surface area (Å²) in [6, 6.07) is 8.27. The summed E-state index contributed by atoms with van der Waals surface area (Å²) in [6.07, 6.45) is 24.1. The third-order valence-corrected chi connectivity index (χ3v) is 5.71. The van der Waals surface area contributed by atoms with Gasteiger partial charge >= 0.3 is 0 Å². The van der Waals surface area contributed by atoms with Gasteiger partial charge in [0.1, 0.15) is 18.5 Å². The summed E-state index contributed by atoms with van der Waals surface area (Å²) in [4.78, 5) is 0. The first-order valence-electron chi connectivity index (χ1n) is 12.6. The highest BCUT2D eigenvalue weighted by atomic mass is 16.6. The summed E-state index contributed by atoms with van der Waals surface area (Å²) in [6.45, 7) is 4.85. The van der Waals surface area contributed by atoms with E-state index >= 15 is 0 Å². The van der Waals surface area contributed by atoms with E-state index in [4.69, 9.17) is 9.47 Å². The molecule has 1 unspecified atom stereocenters. The van der Waals surface area contributed by atoms with Crippen LogP contribution in [-0.2, 0) is 4.74 Å². The zero-order chi connectivity index (χ0) is 21.1. The lowest BCUT2D eigenvalue weighted by atomic mass is 10.1. The van der Waals surface area contributed by atoms with Crippen LogP contribution >= 0.6 is 0 Å². The number of ether oxygens (including phenoxy) is 2.